The highest BCUT2D eigenvalue weighted by Crippen LogP contribution is 2.56. The summed E-state index contributed by atoms with van der Waals surface area (Å²) in [6.45, 7) is 6.22. The van der Waals surface area contributed by atoms with Gasteiger partial charge in [0.2, 0.25) is 0 Å². The number of fused-ring (bicyclic) bond motifs is 3. The molecule has 0 radical (unpaired) electrons. The highest BCUT2D eigenvalue weighted by atomic mass is 15.0. The maximum absolute atomic E-state index is 4.90. The molecule has 0 N–H and O–H groups in total. The number of pyridine rings is 1. The van der Waals surface area contributed by atoms with Gasteiger partial charge in [-0.05, 0) is 94.1 Å². The van der Waals surface area contributed by atoms with Crippen molar-refractivity contribution in [3.05, 3.63) is 203 Å². The fourth-order valence-electron chi connectivity index (χ4n) is 7.92. The van der Waals surface area contributed by atoms with Crippen molar-refractivity contribution in [3.63, 3.8) is 0 Å². The summed E-state index contributed by atoms with van der Waals surface area (Å²) in [7, 11) is 0. The van der Waals surface area contributed by atoms with Crippen LogP contribution in [-0.4, -0.2) is 19.9 Å². The van der Waals surface area contributed by atoms with Crippen LogP contribution in [0.15, 0.2) is 164 Å². The lowest BCUT2D eigenvalue weighted by Crippen LogP contribution is -2.28. The van der Waals surface area contributed by atoms with Crippen molar-refractivity contribution in [3.8, 4) is 56.2 Å². The monoisotopic (exact) mass is 668 g/mol. The van der Waals surface area contributed by atoms with Crippen LogP contribution in [-0.2, 0) is 5.41 Å². The zero-order valence-electron chi connectivity index (χ0n) is 29.4. The molecule has 4 heteroatoms. The van der Waals surface area contributed by atoms with E-state index < -0.39 is 5.41 Å². The van der Waals surface area contributed by atoms with Gasteiger partial charge in [0.15, 0.2) is 11.6 Å². The summed E-state index contributed by atoms with van der Waals surface area (Å²) in [6, 6.07) is 54.6. The smallest absolute Gasteiger partial charge is 0.163 e. The zero-order chi connectivity index (χ0) is 35.2. The molecule has 248 valence electrons. The van der Waals surface area contributed by atoms with E-state index in [0.29, 0.717) is 17.5 Å². The Labute approximate surface area is 304 Å². The molecule has 0 bridgehead atoms. The van der Waals surface area contributed by atoms with E-state index in [9.17, 15) is 0 Å². The van der Waals surface area contributed by atoms with Crippen LogP contribution < -0.4 is 0 Å². The molecule has 0 amide bonds. The number of benzene rings is 6. The summed E-state index contributed by atoms with van der Waals surface area (Å²) in [5.74, 6) is 2.04. The highest BCUT2D eigenvalue weighted by Gasteiger charge is 2.46. The quantitative estimate of drug-likeness (QED) is 0.177. The zero-order valence-corrected chi connectivity index (χ0v) is 29.4. The van der Waals surface area contributed by atoms with E-state index in [1.807, 2.05) is 49.6 Å². The largest absolute Gasteiger partial charge is 0.264 e. The first-order chi connectivity index (χ1) is 25.5. The lowest BCUT2D eigenvalue weighted by molar-refractivity contribution is 0.768. The van der Waals surface area contributed by atoms with E-state index in [0.717, 1.165) is 11.1 Å². The third-order valence-electron chi connectivity index (χ3n) is 10.6. The van der Waals surface area contributed by atoms with Crippen LogP contribution in [0, 0.1) is 20.8 Å². The maximum atomic E-state index is 4.90. The molecule has 1 atom stereocenters. The van der Waals surface area contributed by atoms with Crippen LogP contribution in [0.3, 0.4) is 0 Å². The molecule has 6 aromatic carbocycles. The predicted molar refractivity (Wildman–Crippen MR) is 211 cm³/mol. The molecule has 1 unspecified atom stereocenters. The van der Waals surface area contributed by atoms with Gasteiger partial charge in [0, 0.05) is 29.1 Å². The van der Waals surface area contributed by atoms with Crippen molar-refractivity contribution in [2.45, 2.75) is 26.2 Å². The Morgan fingerprint density at radius 3 is 1.75 bits per heavy atom. The van der Waals surface area contributed by atoms with E-state index in [1.165, 1.54) is 66.8 Å². The summed E-state index contributed by atoms with van der Waals surface area (Å²) in [5.41, 5.74) is 16.1. The molecule has 4 nitrogen and oxygen atoms in total. The van der Waals surface area contributed by atoms with Crippen molar-refractivity contribution in [2.75, 3.05) is 0 Å². The first-order valence-electron chi connectivity index (χ1n) is 17.7. The molecular formula is C48H36N4. The van der Waals surface area contributed by atoms with Gasteiger partial charge in [-0.15, -0.1) is 0 Å². The summed E-state index contributed by atoms with van der Waals surface area (Å²) in [5, 5.41) is 0. The van der Waals surface area contributed by atoms with Crippen LogP contribution >= 0.6 is 0 Å². The molecular weight excluding hydrogens is 633 g/mol. The second-order valence-electron chi connectivity index (χ2n) is 13.6. The fourth-order valence-corrected chi connectivity index (χ4v) is 7.92. The van der Waals surface area contributed by atoms with Crippen molar-refractivity contribution in [1.29, 1.82) is 0 Å². The third kappa shape index (κ3) is 5.15. The minimum absolute atomic E-state index is 0.513. The Balaban J connectivity index is 1.19. The van der Waals surface area contributed by atoms with Gasteiger partial charge in [-0.2, -0.15) is 0 Å². The normalized spacial score (nSPS) is 14.5. The Morgan fingerprint density at radius 2 is 0.981 bits per heavy atom. The van der Waals surface area contributed by atoms with Gasteiger partial charge in [-0.3, -0.25) is 4.98 Å². The van der Waals surface area contributed by atoms with Crippen LogP contribution in [0.25, 0.3) is 56.2 Å². The van der Waals surface area contributed by atoms with Crippen molar-refractivity contribution < 1.29 is 0 Å². The van der Waals surface area contributed by atoms with E-state index in [1.54, 1.807) is 0 Å². The molecule has 0 saturated carbocycles. The molecule has 0 spiro atoms. The fraction of sp³-hybridized carbons (Fsp3) is 0.0833. The SMILES string of the molecule is Cc1nc(-c2ccccc2)nc(-c2ccc(C3(c4ccccc4)c4ccccc4-c4cc(-c5cccc(-c6cncc(C)c6C)c5)ccc43)cc2)n1. The molecule has 1 aliphatic carbocycles. The standard InChI is InChI=1S/C48H36N4/c1-31-29-49-30-43(32(31)2)38-16-12-15-36(27-38)37-23-26-45-42(28-37)41-19-10-11-20-44(41)48(45,39-17-8-5-9-18-39)40-24-21-35(22-25-40)47-51-33(3)50-46(52-47)34-13-6-4-7-14-34/h4-30H,1-3H3. The van der Waals surface area contributed by atoms with Crippen molar-refractivity contribution >= 4 is 0 Å². The molecule has 8 aromatic rings. The molecule has 2 heterocycles. The highest BCUT2D eigenvalue weighted by molar-refractivity contribution is 5.89. The molecule has 1 aliphatic rings. The van der Waals surface area contributed by atoms with Crippen LogP contribution in [0.2, 0.25) is 0 Å². The maximum Gasteiger partial charge on any atom is 0.163 e. The first kappa shape index (κ1) is 31.5. The van der Waals surface area contributed by atoms with E-state index in [2.05, 4.69) is 145 Å². The van der Waals surface area contributed by atoms with Gasteiger partial charge >= 0.3 is 0 Å². The Morgan fingerprint density at radius 1 is 0.404 bits per heavy atom. The average Bonchev–Trinajstić information content (AvgIpc) is 3.50. The van der Waals surface area contributed by atoms with Gasteiger partial charge in [0.1, 0.15) is 5.82 Å². The minimum Gasteiger partial charge on any atom is -0.264 e. The summed E-state index contributed by atoms with van der Waals surface area (Å²) in [4.78, 5) is 18.8. The average molecular weight is 669 g/mol. The Hall–Kier alpha value is -6.52. The molecule has 52 heavy (non-hydrogen) atoms. The van der Waals surface area contributed by atoms with Gasteiger partial charge in [0.25, 0.3) is 0 Å². The van der Waals surface area contributed by atoms with Gasteiger partial charge in [-0.25, -0.2) is 15.0 Å². The van der Waals surface area contributed by atoms with Gasteiger partial charge in [-0.1, -0.05) is 140 Å². The molecule has 0 aliphatic heterocycles. The van der Waals surface area contributed by atoms with Crippen LogP contribution in [0.1, 0.15) is 39.2 Å². The summed E-state index contributed by atoms with van der Waals surface area (Å²) < 4.78 is 0. The third-order valence-corrected chi connectivity index (χ3v) is 10.6. The van der Waals surface area contributed by atoms with E-state index >= 15 is 0 Å². The molecule has 0 saturated heterocycles. The van der Waals surface area contributed by atoms with Gasteiger partial charge < -0.3 is 0 Å². The van der Waals surface area contributed by atoms with E-state index in [4.69, 9.17) is 9.97 Å². The number of nitrogens with zero attached hydrogens (tertiary/aromatic N) is 4. The first-order valence-corrected chi connectivity index (χ1v) is 17.7. The number of hydrogen-bond acceptors (Lipinski definition) is 4. The topological polar surface area (TPSA) is 51.6 Å². The lowest BCUT2D eigenvalue weighted by atomic mass is 9.67. The lowest BCUT2D eigenvalue weighted by Gasteiger charge is -2.34. The number of aromatic nitrogens is 4. The Bertz CT molecular complexity index is 2590. The molecule has 0 fully saturated rings. The molecule has 9 rings (SSSR count). The second kappa shape index (κ2) is 12.7. The summed E-state index contributed by atoms with van der Waals surface area (Å²) in [6.07, 6.45) is 3.91. The number of rotatable bonds is 6. The van der Waals surface area contributed by atoms with E-state index in [-0.39, 0.29) is 0 Å². The molecule has 2 aromatic heterocycles. The second-order valence-corrected chi connectivity index (χ2v) is 13.6. The predicted octanol–water partition coefficient (Wildman–Crippen LogP) is 11.2. The summed E-state index contributed by atoms with van der Waals surface area (Å²) >= 11 is 0. The van der Waals surface area contributed by atoms with Crippen molar-refractivity contribution in [1.82, 2.24) is 19.9 Å². The van der Waals surface area contributed by atoms with Crippen LogP contribution in [0.5, 0.6) is 0 Å². The van der Waals surface area contributed by atoms with Crippen LogP contribution in [0.4, 0.5) is 0 Å². The number of hydrogen-bond donors (Lipinski definition) is 0. The Kier molecular flexibility index (Phi) is 7.66. The number of aryl methyl sites for hydroxylation is 2. The van der Waals surface area contributed by atoms with Gasteiger partial charge in [0.05, 0.1) is 5.41 Å². The van der Waals surface area contributed by atoms with Crippen molar-refractivity contribution in [2.24, 2.45) is 0 Å². The minimum atomic E-state index is -0.513.